The van der Waals surface area contributed by atoms with Crippen LogP contribution in [0.25, 0.3) is 5.57 Å². The number of carboxylic acids is 1. The first-order valence-corrected chi connectivity index (χ1v) is 12.6. The molecule has 6 rings (SSSR count). The van der Waals surface area contributed by atoms with E-state index in [1.165, 1.54) is 18.2 Å². The summed E-state index contributed by atoms with van der Waals surface area (Å²) in [6, 6.07) is 30.2. The molecule has 0 aromatic heterocycles. The molecule has 4 aromatic rings. The number of aromatic carboxylic acids is 1. The third-order valence-electron chi connectivity index (χ3n) is 7.75. The van der Waals surface area contributed by atoms with E-state index in [1.54, 1.807) is 0 Å². The Morgan fingerprint density at radius 1 is 0.711 bits per heavy atom. The number of carboxylic acid groups (broad SMARTS) is 1. The van der Waals surface area contributed by atoms with Crippen molar-refractivity contribution in [1.82, 2.24) is 0 Å². The molecule has 0 saturated heterocycles. The third-order valence-corrected chi connectivity index (χ3v) is 7.75. The zero-order valence-corrected chi connectivity index (χ0v) is 21.0. The van der Waals surface area contributed by atoms with Gasteiger partial charge in [-0.3, -0.25) is 9.59 Å². The van der Waals surface area contributed by atoms with Crippen molar-refractivity contribution in [2.45, 2.75) is 25.8 Å². The second kappa shape index (κ2) is 8.96. The number of carbonyl (C=O) groups is 3. The van der Waals surface area contributed by atoms with Crippen LogP contribution < -0.4 is 4.90 Å². The Morgan fingerprint density at radius 3 is 2.03 bits per heavy atom. The van der Waals surface area contributed by atoms with Crippen molar-refractivity contribution in [3.05, 3.63) is 136 Å². The first-order chi connectivity index (χ1) is 18.4. The predicted octanol–water partition coefficient (Wildman–Crippen LogP) is 6.91. The molecule has 0 fully saturated rings. The van der Waals surface area contributed by atoms with Crippen LogP contribution in [0.3, 0.4) is 0 Å². The highest BCUT2D eigenvalue weighted by atomic mass is 16.4. The summed E-state index contributed by atoms with van der Waals surface area (Å²) >= 11 is 0. The van der Waals surface area contributed by atoms with Gasteiger partial charge in [-0.25, -0.2) is 4.79 Å². The lowest BCUT2D eigenvalue weighted by Gasteiger charge is -2.26. The number of benzene rings is 4. The molecule has 1 heterocycles. The first-order valence-electron chi connectivity index (χ1n) is 12.6. The van der Waals surface area contributed by atoms with Gasteiger partial charge in [0.15, 0.2) is 11.6 Å². The van der Waals surface area contributed by atoms with Crippen molar-refractivity contribution in [2.24, 2.45) is 0 Å². The number of nitrogens with zero attached hydrogens (tertiary/aromatic N) is 1. The fraction of sp³-hybridized carbons (Fsp3) is 0.121. The molecule has 4 aromatic carbocycles. The van der Waals surface area contributed by atoms with Crippen LogP contribution in [0.1, 0.15) is 67.5 Å². The second-order valence-electron chi connectivity index (χ2n) is 9.85. The number of ketones is 2. The Labute approximate surface area is 220 Å². The summed E-state index contributed by atoms with van der Waals surface area (Å²) in [4.78, 5) is 41.2. The van der Waals surface area contributed by atoms with Crippen molar-refractivity contribution >= 4 is 34.5 Å². The minimum Gasteiger partial charge on any atom is -0.478 e. The zero-order chi connectivity index (χ0) is 26.6. The Bertz CT molecular complexity index is 1650. The molecule has 5 heteroatoms. The van der Waals surface area contributed by atoms with E-state index in [1.807, 2.05) is 54.6 Å². The number of fused-ring (bicyclic) bond motifs is 2. The second-order valence-corrected chi connectivity index (χ2v) is 9.85. The molecule has 2 atom stereocenters. The Morgan fingerprint density at radius 2 is 1.34 bits per heavy atom. The van der Waals surface area contributed by atoms with Gasteiger partial charge in [-0.2, -0.15) is 0 Å². The van der Waals surface area contributed by atoms with Crippen molar-refractivity contribution in [2.75, 3.05) is 4.90 Å². The maximum absolute atomic E-state index is 13.7. The van der Waals surface area contributed by atoms with Gasteiger partial charge in [0.2, 0.25) is 0 Å². The Balaban J connectivity index is 1.55. The molecule has 0 saturated carbocycles. The van der Waals surface area contributed by atoms with E-state index in [-0.39, 0.29) is 40.0 Å². The molecule has 1 aliphatic heterocycles. The number of hydrogen-bond donors (Lipinski definition) is 1. The van der Waals surface area contributed by atoms with Gasteiger partial charge in [0.05, 0.1) is 11.1 Å². The summed E-state index contributed by atoms with van der Waals surface area (Å²) < 4.78 is 0. The molecule has 186 valence electrons. The zero-order valence-electron chi connectivity index (χ0n) is 21.0. The molecule has 0 amide bonds. The molecule has 38 heavy (non-hydrogen) atoms. The Hall–Kier alpha value is -4.77. The lowest BCUT2D eigenvalue weighted by molar-refractivity contribution is 0.0696. The summed E-state index contributed by atoms with van der Waals surface area (Å²) in [6.07, 6.45) is 0. The Kier molecular flexibility index (Phi) is 5.57. The number of anilines is 2. The number of allylic oxidation sites excluding steroid dienone is 1. The highest BCUT2D eigenvalue weighted by Crippen LogP contribution is 2.47. The SMILES string of the molecule is CC1c2cc(C(=C3C(=O)c4ccc(C(=O)O)cc4C3=O)c3ccccc3)ccc2N(c2ccccc2)C1C. The van der Waals surface area contributed by atoms with Gasteiger partial charge in [0.1, 0.15) is 0 Å². The third kappa shape index (κ3) is 3.58. The van der Waals surface area contributed by atoms with E-state index in [4.69, 9.17) is 0 Å². The van der Waals surface area contributed by atoms with Gasteiger partial charge in [0, 0.05) is 40.0 Å². The van der Waals surface area contributed by atoms with Crippen LogP contribution in [0.5, 0.6) is 0 Å². The predicted molar refractivity (Wildman–Crippen MR) is 147 cm³/mol. The molecule has 2 aliphatic rings. The molecule has 5 nitrogen and oxygen atoms in total. The van der Waals surface area contributed by atoms with E-state index in [0.717, 1.165) is 28.1 Å². The molecule has 0 radical (unpaired) electrons. The molecule has 2 unspecified atom stereocenters. The van der Waals surface area contributed by atoms with Crippen LogP contribution in [-0.2, 0) is 0 Å². The smallest absolute Gasteiger partial charge is 0.335 e. The molecule has 0 spiro atoms. The molecule has 1 N–H and O–H groups in total. The maximum Gasteiger partial charge on any atom is 0.335 e. The van der Waals surface area contributed by atoms with Crippen LogP contribution in [0.2, 0.25) is 0 Å². The van der Waals surface area contributed by atoms with Crippen molar-refractivity contribution in [1.29, 1.82) is 0 Å². The first kappa shape index (κ1) is 23.6. The number of carbonyl (C=O) groups excluding carboxylic acids is 2. The van der Waals surface area contributed by atoms with Gasteiger partial charge in [-0.15, -0.1) is 0 Å². The van der Waals surface area contributed by atoms with Crippen LogP contribution in [0.15, 0.2) is 103 Å². The van der Waals surface area contributed by atoms with Gasteiger partial charge in [-0.05, 0) is 66.1 Å². The van der Waals surface area contributed by atoms with E-state index in [9.17, 15) is 19.5 Å². The summed E-state index contributed by atoms with van der Waals surface area (Å²) in [5.74, 6) is -1.75. The number of hydrogen-bond acceptors (Lipinski definition) is 4. The number of Topliss-reactive ketones (excluding diaryl/α,β-unsaturated/α-hetero) is 2. The average molecular weight is 500 g/mol. The summed E-state index contributed by atoms with van der Waals surface area (Å²) in [5.41, 5.74) is 5.91. The van der Waals surface area contributed by atoms with E-state index < -0.39 is 11.8 Å². The van der Waals surface area contributed by atoms with E-state index >= 15 is 0 Å². The van der Waals surface area contributed by atoms with Crippen LogP contribution in [0, 0.1) is 0 Å². The largest absolute Gasteiger partial charge is 0.478 e. The average Bonchev–Trinajstić information content (AvgIpc) is 3.34. The summed E-state index contributed by atoms with van der Waals surface area (Å²) in [6.45, 7) is 4.40. The van der Waals surface area contributed by atoms with Crippen molar-refractivity contribution in [3.63, 3.8) is 0 Å². The topological polar surface area (TPSA) is 74.7 Å². The lowest BCUT2D eigenvalue weighted by atomic mass is 9.88. The fourth-order valence-electron chi connectivity index (χ4n) is 5.68. The van der Waals surface area contributed by atoms with Gasteiger partial charge < -0.3 is 10.0 Å². The molecular formula is C33H25NO4. The van der Waals surface area contributed by atoms with Crippen LogP contribution in [-0.4, -0.2) is 28.7 Å². The lowest BCUT2D eigenvalue weighted by Crippen LogP contribution is -2.25. The quantitative estimate of drug-likeness (QED) is 0.244. The van der Waals surface area contributed by atoms with E-state index in [2.05, 4.69) is 43.0 Å². The summed E-state index contributed by atoms with van der Waals surface area (Å²) in [7, 11) is 0. The van der Waals surface area contributed by atoms with Gasteiger partial charge in [-0.1, -0.05) is 61.5 Å². The number of rotatable bonds is 4. The molecule has 0 bridgehead atoms. The standard InChI is InChI=1S/C33H25NO4/c1-19-20(2)34(24-11-7-4-8-12-24)28-16-14-22(17-26(19)28)29(21-9-5-3-6-10-21)30-31(35)25-15-13-23(33(37)38)18-27(25)32(30)36/h3-20H,1-2H3,(H,37,38). The van der Waals surface area contributed by atoms with Crippen molar-refractivity contribution < 1.29 is 19.5 Å². The highest BCUT2D eigenvalue weighted by molar-refractivity contribution is 6.43. The minimum atomic E-state index is -1.14. The normalized spacial score (nSPS) is 19.4. The van der Waals surface area contributed by atoms with E-state index in [0.29, 0.717) is 5.57 Å². The minimum absolute atomic E-state index is 0.0197. The van der Waals surface area contributed by atoms with Gasteiger partial charge >= 0.3 is 5.97 Å². The van der Waals surface area contributed by atoms with Crippen molar-refractivity contribution in [3.8, 4) is 0 Å². The maximum atomic E-state index is 13.7. The van der Waals surface area contributed by atoms with Crippen LogP contribution >= 0.6 is 0 Å². The molecule has 1 aliphatic carbocycles. The van der Waals surface area contributed by atoms with Gasteiger partial charge in [0.25, 0.3) is 0 Å². The van der Waals surface area contributed by atoms with Crippen LogP contribution in [0.4, 0.5) is 11.4 Å². The monoisotopic (exact) mass is 499 g/mol. The summed E-state index contributed by atoms with van der Waals surface area (Å²) in [5, 5.41) is 9.43. The highest BCUT2D eigenvalue weighted by Gasteiger charge is 2.38. The fourth-order valence-corrected chi connectivity index (χ4v) is 5.68. The number of para-hydroxylation sites is 1. The molecular weight excluding hydrogens is 474 g/mol.